The van der Waals surface area contributed by atoms with Gasteiger partial charge in [0, 0.05) is 5.92 Å². The normalized spacial score (nSPS) is 15.6. The lowest BCUT2D eigenvalue weighted by atomic mass is 10.3. The Balaban J connectivity index is 1.62. The summed E-state index contributed by atoms with van der Waals surface area (Å²) in [5, 5.41) is 10.8. The Bertz CT molecular complexity index is 702. The Morgan fingerprint density at radius 2 is 2.23 bits per heavy atom. The highest BCUT2D eigenvalue weighted by atomic mass is 35.5. The molecule has 0 spiro atoms. The monoisotopic (exact) mass is 356 g/mol. The molecule has 1 atom stereocenters. The first-order valence-electron chi connectivity index (χ1n) is 6.88. The first-order valence-corrected chi connectivity index (χ1v) is 8.52. The van der Waals surface area contributed by atoms with Crippen molar-refractivity contribution in [3.63, 3.8) is 0 Å². The molecule has 0 bridgehead atoms. The summed E-state index contributed by atoms with van der Waals surface area (Å²) in [5.41, 5.74) is 0.500. The summed E-state index contributed by atoms with van der Waals surface area (Å²) in [6, 6.07) is 5.12. The number of benzene rings is 1. The molecular weight excluding hydrogens is 343 g/mol. The number of aromatic amines is 1. The highest BCUT2D eigenvalue weighted by Gasteiger charge is 2.28. The number of carbonyl (C=O) groups excluding carboxylic acids is 1. The maximum atomic E-state index is 12.2. The number of carbonyl (C=O) groups is 1. The number of halogens is 2. The fourth-order valence-electron chi connectivity index (χ4n) is 1.90. The zero-order valence-electron chi connectivity index (χ0n) is 11.8. The van der Waals surface area contributed by atoms with E-state index in [1.165, 1.54) is 11.8 Å². The van der Waals surface area contributed by atoms with Gasteiger partial charge in [-0.25, -0.2) is 4.98 Å². The molecule has 3 rings (SSSR count). The van der Waals surface area contributed by atoms with Gasteiger partial charge in [0.15, 0.2) is 0 Å². The predicted molar refractivity (Wildman–Crippen MR) is 88.8 cm³/mol. The molecule has 116 valence electrons. The predicted octanol–water partition coefficient (Wildman–Crippen LogP) is 4.11. The molecule has 0 aliphatic heterocycles. The van der Waals surface area contributed by atoms with Crippen LogP contribution < -0.4 is 5.32 Å². The Labute approximate surface area is 142 Å². The number of thioether (sulfide) groups is 1. The zero-order valence-corrected chi connectivity index (χ0v) is 14.1. The van der Waals surface area contributed by atoms with E-state index >= 15 is 0 Å². The first-order chi connectivity index (χ1) is 10.5. The van der Waals surface area contributed by atoms with Gasteiger partial charge >= 0.3 is 0 Å². The molecule has 0 unspecified atom stereocenters. The summed E-state index contributed by atoms with van der Waals surface area (Å²) in [4.78, 5) is 16.6. The molecule has 5 nitrogen and oxygen atoms in total. The highest BCUT2D eigenvalue weighted by Crippen LogP contribution is 2.38. The topological polar surface area (TPSA) is 70.7 Å². The van der Waals surface area contributed by atoms with E-state index in [1.807, 2.05) is 0 Å². The van der Waals surface area contributed by atoms with Crippen LogP contribution in [0.3, 0.4) is 0 Å². The van der Waals surface area contributed by atoms with Crippen LogP contribution in [0.5, 0.6) is 0 Å². The summed E-state index contributed by atoms with van der Waals surface area (Å²) < 4.78 is 0. The molecule has 2 aromatic rings. The van der Waals surface area contributed by atoms with Crippen molar-refractivity contribution in [2.75, 3.05) is 5.32 Å². The third-order valence-corrected chi connectivity index (χ3v) is 5.09. The number of aromatic nitrogens is 3. The van der Waals surface area contributed by atoms with Crippen molar-refractivity contribution in [2.45, 2.75) is 36.1 Å². The van der Waals surface area contributed by atoms with E-state index in [2.05, 4.69) is 20.5 Å². The van der Waals surface area contributed by atoms with E-state index in [-0.39, 0.29) is 11.2 Å². The zero-order chi connectivity index (χ0) is 15.7. The van der Waals surface area contributed by atoms with Crippen molar-refractivity contribution in [3.05, 3.63) is 34.1 Å². The largest absolute Gasteiger partial charge is 0.324 e. The van der Waals surface area contributed by atoms with Gasteiger partial charge in [-0.3, -0.25) is 9.89 Å². The molecule has 1 saturated carbocycles. The van der Waals surface area contributed by atoms with Crippen molar-refractivity contribution in [1.82, 2.24) is 15.2 Å². The maximum absolute atomic E-state index is 12.2. The van der Waals surface area contributed by atoms with E-state index in [9.17, 15) is 4.79 Å². The van der Waals surface area contributed by atoms with Gasteiger partial charge in [-0.15, -0.1) is 5.10 Å². The molecule has 2 N–H and O–H groups in total. The lowest BCUT2D eigenvalue weighted by molar-refractivity contribution is -0.115. The van der Waals surface area contributed by atoms with Crippen LogP contribution in [0.15, 0.2) is 23.4 Å². The van der Waals surface area contributed by atoms with E-state index in [0.29, 0.717) is 26.8 Å². The molecule has 1 fully saturated rings. The molecule has 1 aliphatic rings. The second kappa shape index (κ2) is 6.48. The van der Waals surface area contributed by atoms with Gasteiger partial charge in [0.1, 0.15) is 5.82 Å². The van der Waals surface area contributed by atoms with Crippen molar-refractivity contribution in [1.29, 1.82) is 0 Å². The molecule has 8 heteroatoms. The van der Waals surface area contributed by atoms with E-state index in [4.69, 9.17) is 23.2 Å². The molecule has 1 aromatic heterocycles. The average molecular weight is 357 g/mol. The lowest BCUT2D eigenvalue weighted by Crippen LogP contribution is -2.22. The highest BCUT2D eigenvalue weighted by molar-refractivity contribution is 8.00. The minimum atomic E-state index is -0.349. The summed E-state index contributed by atoms with van der Waals surface area (Å²) in [6.07, 6.45) is 2.31. The summed E-state index contributed by atoms with van der Waals surface area (Å²) in [7, 11) is 0. The second-order valence-corrected chi connectivity index (χ2v) is 7.22. The fraction of sp³-hybridized carbons (Fsp3) is 0.357. The number of anilines is 1. The van der Waals surface area contributed by atoms with Crippen molar-refractivity contribution < 1.29 is 4.79 Å². The number of amides is 1. The molecular formula is C14H14Cl2N4OS. The fourth-order valence-corrected chi connectivity index (χ4v) is 2.98. The van der Waals surface area contributed by atoms with Crippen LogP contribution >= 0.6 is 35.0 Å². The minimum Gasteiger partial charge on any atom is -0.324 e. The number of hydrogen-bond donors (Lipinski definition) is 2. The average Bonchev–Trinajstić information content (AvgIpc) is 3.24. The molecule has 1 amide bonds. The lowest BCUT2D eigenvalue weighted by Gasteiger charge is -2.11. The third kappa shape index (κ3) is 3.56. The van der Waals surface area contributed by atoms with Gasteiger partial charge in [0.25, 0.3) is 0 Å². The molecule has 22 heavy (non-hydrogen) atoms. The number of nitrogens with one attached hydrogen (secondary N) is 2. The number of hydrogen-bond acceptors (Lipinski definition) is 4. The molecule has 1 aromatic carbocycles. The van der Waals surface area contributed by atoms with Gasteiger partial charge < -0.3 is 5.32 Å². The SMILES string of the molecule is C[C@H](Sc1n[nH]c(C2CC2)n1)C(=O)Nc1cccc(Cl)c1Cl. The second-order valence-electron chi connectivity index (χ2n) is 5.13. The van der Waals surface area contributed by atoms with Crippen molar-refractivity contribution in [2.24, 2.45) is 0 Å². The van der Waals surface area contributed by atoms with Gasteiger partial charge in [-0.05, 0) is 31.9 Å². The van der Waals surface area contributed by atoms with Crippen LogP contribution in [0.4, 0.5) is 5.69 Å². The molecule has 0 radical (unpaired) electrons. The van der Waals surface area contributed by atoms with Crippen molar-refractivity contribution >= 4 is 46.6 Å². The Morgan fingerprint density at radius 3 is 2.95 bits per heavy atom. The maximum Gasteiger partial charge on any atom is 0.237 e. The van der Waals surface area contributed by atoms with Gasteiger partial charge in [0.05, 0.1) is 21.0 Å². The van der Waals surface area contributed by atoms with Gasteiger partial charge in [-0.1, -0.05) is 41.0 Å². The summed E-state index contributed by atoms with van der Waals surface area (Å²) >= 11 is 13.3. The van der Waals surface area contributed by atoms with Crippen LogP contribution in [0.2, 0.25) is 10.0 Å². The standard InChI is InChI=1S/C14H14Cl2N4OS/c1-7(22-14-18-12(19-20-14)8-5-6-8)13(21)17-10-4-2-3-9(15)11(10)16/h2-4,7-8H,5-6H2,1H3,(H,17,21)(H,18,19,20)/t7-/m0/s1. The molecule has 1 aliphatic carbocycles. The smallest absolute Gasteiger partial charge is 0.237 e. The van der Waals surface area contributed by atoms with Crippen LogP contribution in [-0.2, 0) is 4.79 Å². The Morgan fingerprint density at radius 1 is 1.45 bits per heavy atom. The minimum absolute atomic E-state index is 0.174. The van der Waals surface area contributed by atoms with Crippen LogP contribution in [-0.4, -0.2) is 26.3 Å². The third-order valence-electron chi connectivity index (χ3n) is 3.31. The summed E-state index contributed by atoms with van der Waals surface area (Å²) in [6.45, 7) is 1.80. The van der Waals surface area contributed by atoms with Crippen LogP contribution in [0.1, 0.15) is 31.5 Å². The van der Waals surface area contributed by atoms with Gasteiger partial charge in [-0.2, -0.15) is 0 Å². The summed E-state index contributed by atoms with van der Waals surface area (Å²) in [5.74, 6) is 1.25. The Kier molecular flexibility index (Phi) is 4.61. The Hall–Kier alpha value is -1.24. The van der Waals surface area contributed by atoms with E-state index in [1.54, 1.807) is 25.1 Å². The quantitative estimate of drug-likeness (QED) is 0.790. The van der Waals surface area contributed by atoms with Gasteiger partial charge in [0.2, 0.25) is 11.1 Å². The van der Waals surface area contributed by atoms with Crippen LogP contribution in [0.25, 0.3) is 0 Å². The molecule has 1 heterocycles. The van der Waals surface area contributed by atoms with Crippen LogP contribution in [0, 0.1) is 0 Å². The van der Waals surface area contributed by atoms with E-state index < -0.39 is 0 Å². The van der Waals surface area contributed by atoms with Crippen molar-refractivity contribution in [3.8, 4) is 0 Å². The number of nitrogens with zero attached hydrogens (tertiary/aromatic N) is 2. The molecule has 0 saturated heterocycles. The number of H-pyrrole nitrogens is 1. The first kappa shape index (κ1) is 15.6. The number of rotatable bonds is 5. The van der Waals surface area contributed by atoms with E-state index in [0.717, 1.165) is 18.7 Å².